The van der Waals surface area contributed by atoms with Gasteiger partial charge in [0.25, 0.3) is 6.08 Å². The van der Waals surface area contributed by atoms with Crippen LogP contribution in [0.2, 0.25) is 5.02 Å². The zero-order chi connectivity index (χ0) is 36.1. The minimum Gasteiger partial charge on any atom is -0.461 e. The van der Waals surface area contributed by atoms with Crippen molar-refractivity contribution in [3.63, 3.8) is 0 Å². The van der Waals surface area contributed by atoms with Gasteiger partial charge in [-0.15, -0.1) is 11.3 Å². The van der Waals surface area contributed by atoms with Crippen LogP contribution in [0.4, 0.5) is 28.4 Å². The smallest absolute Gasteiger partial charge is 0.319 e. The normalized spacial score (nSPS) is 20.2. The average molecular weight is 729 g/mol. The van der Waals surface area contributed by atoms with Crippen LogP contribution in [0, 0.1) is 23.0 Å². The molecule has 15 heteroatoms. The highest BCUT2D eigenvalue weighted by Crippen LogP contribution is 2.50. The molecule has 3 aliphatic heterocycles. The predicted octanol–water partition coefficient (Wildman–Crippen LogP) is 7.92. The maximum Gasteiger partial charge on any atom is 0.319 e. The van der Waals surface area contributed by atoms with Gasteiger partial charge in [-0.1, -0.05) is 32.0 Å². The van der Waals surface area contributed by atoms with E-state index in [0.29, 0.717) is 54.8 Å². The second kappa shape index (κ2) is 13.9. The number of hydrogen-bond acceptors (Lipinski definition) is 10. The van der Waals surface area contributed by atoms with Crippen molar-refractivity contribution < 1.29 is 22.3 Å². The molecule has 6 heterocycles. The third kappa shape index (κ3) is 5.74. The Morgan fingerprint density at radius 3 is 2.72 bits per heavy atom. The van der Waals surface area contributed by atoms with Crippen LogP contribution < -0.4 is 20.7 Å². The maximum absolute atomic E-state index is 17.2. The number of thiophene rings is 1. The largest absolute Gasteiger partial charge is 0.461 e. The number of halogens is 5. The number of anilines is 2. The Morgan fingerprint density at radius 1 is 1.26 bits per heavy atom. The second-order valence-corrected chi connectivity index (χ2v) is 14.0. The molecule has 0 spiro atoms. The number of fused-ring (bicyclic) bond motifs is 2. The molecule has 2 atom stereocenters. The summed E-state index contributed by atoms with van der Waals surface area (Å²) in [7, 11) is 1.82. The van der Waals surface area contributed by atoms with Crippen molar-refractivity contribution in [2.24, 2.45) is 0 Å². The van der Waals surface area contributed by atoms with E-state index in [1.165, 1.54) is 0 Å². The highest BCUT2D eigenvalue weighted by atomic mass is 35.5. The fraction of sp³-hybridized carbons (Fsp3) is 0.429. The number of aromatic nitrogens is 3. The summed E-state index contributed by atoms with van der Waals surface area (Å²) in [6.07, 6.45) is 1.37. The van der Waals surface area contributed by atoms with Crippen molar-refractivity contribution in [2.45, 2.75) is 58.0 Å². The van der Waals surface area contributed by atoms with Crippen molar-refractivity contribution in [3.05, 3.63) is 52.2 Å². The molecule has 2 fully saturated rings. The molecule has 3 aliphatic rings. The molecule has 2 saturated heterocycles. The number of nitriles is 1. The summed E-state index contributed by atoms with van der Waals surface area (Å²) in [5, 5.41) is 13.5. The van der Waals surface area contributed by atoms with Crippen LogP contribution in [-0.2, 0) is 0 Å². The Labute approximate surface area is 296 Å². The minimum atomic E-state index is -1.67. The molecule has 0 radical (unpaired) electrons. The van der Waals surface area contributed by atoms with Crippen LogP contribution in [0.15, 0.2) is 24.4 Å². The van der Waals surface area contributed by atoms with Crippen molar-refractivity contribution in [2.75, 3.05) is 50.5 Å². The zero-order valence-corrected chi connectivity index (χ0v) is 29.8. The maximum atomic E-state index is 17.2. The molecule has 0 saturated carbocycles. The summed E-state index contributed by atoms with van der Waals surface area (Å²) in [4.78, 5) is 17.6. The fourth-order valence-electron chi connectivity index (χ4n) is 7.47. The fourth-order valence-corrected chi connectivity index (χ4v) is 8.79. The van der Waals surface area contributed by atoms with Crippen LogP contribution >= 0.6 is 22.9 Å². The van der Waals surface area contributed by atoms with E-state index in [4.69, 9.17) is 27.1 Å². The lowest BCUT2D eigenvalue weighted by Gasteiger charge is -2.32. The van der Waals surface area contributed by atoms with E-state index in [-0.39, 0.29) is 79.6 Å². The number of benzene rings is 1. The first-order chi connectivity index (χ1) is 24.0. The van der Waals surface area contributed by atoms with E-state index >= 15 is 4.39 Å². The molecule has 4 aromatic rings. The monoisotopic (exact) mass is 728 g/mol. The van der Waals surface area contributed by atoms with Crippen molar-refractivity contribution in [1.82, 2.24) is 25.2 Å². The Bertz CT molecular complexity index is 2100. The van der Waals surface area contributed by atoms with Gasteiger partial charge in [0.15, 0.2) is 11.6 Å². The van der Waals surface area contributed by atoms with Crippen molar-refractivity contribution in [1.29, 1.82) is 5.26 Å². The lowest BCUT2D eigenvalue weighted by molar-refractivity contribution is 0.108. The van der Waals surface area contributed by atoms with Crippen molar-refractivity contribution >= 4 is 60.3 Å². The lowest BCUT2D eigenvalue weighted by Crippen LogP contribution is -2.43. The van der Waals surface area contributed by atoms with Crippen LogP contribution in [0.3, 0.4) is 0 Å². The van der Waals surface area contributed by atoms with Gasteiger partial charge in [0, 0.05) is 42.2 Å². The minimum absolute atomic E-state index is 0.0285. The molecule has 264 valence electrons. The number of pyridine rings is 1. The molecule has 0 aliphatic carbocycles. The molecule has 50 heavy (non-hydrogen) atoms. The highest BCUT2D eigenvalue weighted by molar-refractivity contribution is 7.23. The Morgan fingerprint density at radius 2 is 2.02 bits per heavy atom. The van der Waals surface area contributed by atoms with E-state index in [0.717, 1.165) is 24.0 Å². The van der Waals surface area contributed by atoms with Gasteiger partial charge in [-0.3, -0.25) is 9.88 Å². The highest BCUT2D eigenvalue weighted by Gasteiger charge is 2.48. The van der Waals surface area contributed by atoms with Crippen LogP contribution in [-0.4, -0.2) is 71.3 Å². The van der Waals surface area contributed by atoms with E-state index in [2.05, 4.69) is 21.9 Å². The SMILES string of the molecule is C=C1C[C@H](C)N(CCNC)c2nc(OCC34CCCN3CC(=C(F)F)C4)nc3c(F)c(-c4ncc(F)c5sc(N)c(C#N)c45)c(Cl)c1c23.CC. The number of rotatable bonds is 7. The lowest BCUT2D eigenvalue weighted by atomic mass is 9.93. The van der Waals surface area contributed by atoms with Gasteiger partial charge < -0.3 is 20.7 Å². The van der Waals surface area contributed by atoms with Gasteiger partial charge in [-0.2, -0.15) is 24.0 Å². The van der Waals surface area contributed by atoms with Crippen LogP contribution in [0.25, 0.3) is 37.8 Å². The third-order valence-electron chi connectivity index (χ3n) is 9.74. The number of nitrogens with one attached hydrogen (secondary N) is 1. The van der Waals surface area contributed by atoms with Gasteiger partial charge in [-0.05, 0) is 51.8 Å². The third-order valence-corrected chi connectivity index (χ3v) is 11.1. The summed E-state index contributed by atoms with van der Waals surface area (Å²) < 4.78 is 65.7. The summed E-state index contributed by atoms with van der Waals surface area (Å²) in [5.41, 5.74) is 6.13. The van der Waals surface area contributed by atoms with E-state index < -0.39 is 23.3 Å². The van der Waals surface area contributed by atoms with Crippen LogP contribution in [0.5, 0.6) is 6.01 Å². The molecule has 0 amide bonds. The summed E-state index contributed by atoms with van der Waals surface area (Å²) >= 11 is 7.96. The van der Waals surface area contributed by atoms with Gasteiger partial charge in [0.1, 0.15) is 29.0 Å². The summed E-state index contributed by atoms with van der Waals surface area (Å²) in [6, 6.07) is 1.72. The number of hydrogen-bond donors (Lipinski definition) is 2. The quantitative estimate of drug-likeness (QED) is 0.183. The first kappa shape index (κ1) is 35.8. The molecule has 1 aromatic carbocycles. The number of nitrogen functional groups attached to an aromatic ring is 1. The predicted molar refractivity (Wildman–Crippen MR) is 191 cm³/mol. The summed E-state index contributed by atoms with van der Waals surface area (Å²) in [5.74, 6) is -1.20. The van der Waals surface area contributed by atoms with E-state index in [9.17, 15) is 18.4 Å². The molecular formula is C35H37ClF4N8OS. The number of ether oxygens (including phenoxy) is 1. The first-order valence-electron chi connectivity index (χ1n) is 16.5. The Balaban J connectivity index is 0.00000212. The van der Waals surface area contributed by atoms with E-state index in [1.54, 1.807) is 0 Å². The average Bonchev–Trinajstić information content (AvgIpc) is 3.74. The standard InChI is InChI=1S/C33H31ClF4N8OS.C2H6/c1-15-9-16(2)46(8-6-41-3)31-22-20(15)24(34)23(26-21-18(11-39)30(40)48-28(21)19(35)12-42-26)25(36)27(22)43-32(44-31)47-14-33-5-4-7-45(33)13-17(10-33)29(37)38;1-2/h12,16,41H,1,4-10,13-14,40H2,2-3H3;1-2H3/t16-,33?;/m0./s1. The molecule has 7 rings (SSSR count). The number of likely N-dealkylation sites (N-methyl/N-ethyl adjacent to an activating group) is 1. The molecule has 3 aromatic heterocycles. The summed E-state index contributed by atoms with van der Waals surface area (Å²) in [6.45, 7) is 12.3. The molecule has 9 nitrogen and oxygen atoms in total. The van der Waals surface area contributed by atoms with Crippen molar-refractivity contribution in [3.8, 4) is 23.3 Å². The second-order valence-electron chi connectivity index (χ2n) is 12.6. The molecular weight excluding hydrogens is 692 g/mol. The zero-order valence-electron chi connectivity index (χ0n) is 28.2. The van der Waals surface area contributed by atoms with Gasteiger partial charge in [0.2, 0.25) is 0 Å². The van der Waals surface area contributed by atoms with Gasteiger partial charge in [-0.25, -0.2) is 8.78 Å². The van der Waals surface area contributed by atoms with E-state index in [1.807, 2.05) is 43.7 Å². The molecule has 3 N–H and O–H groups in total. The molecule has 0 bridgehead atoms. The molecule has 1 unspecified atom stereocenters. The van der Waals surface area contributed by atoms with Crippen LogP contribution in [0.1, 0.15) is 57.6 Å². The van der Waals surface area contributed by atoms with Gasteiger partial charge >= 0.3 is 6.01 Å². The number of nitrogens with two attached hydrogens (primary N) is 1. The Kier molecular flexibility index (Phi) is 9.98. The topological polar surface area (TPSA) is 116 Å². The van der Waals surface area contributed by atoms with Gasteiger partial charge in [0.05, 0.1) is 43.7 Å². The number of nitrogens with zero attached hydrogens (tertiary/aromatic N) is 6. The Hall–Kier alpha value is -4.03. The first-order valence-corrected chi connectivity index (χ1v) is 17.7.